The Labute approximate surface area is 177 Å². The van der Waals surface area contributed by atoms with Gasteiger partial charge in [-0.05, 0) is 0 Å². The van der Waals surface area contributed by atoms with Crippen LogP contribution in [0.4, 0.5) is 0 Å². The molecule has 2 nitrogen and oxygen atoms in total. The van der Waals surface area contributed by atoms with E-state index in [2.05, 4.69) is 61.2 Å². The van der Waals surface area contributed by atoms with E-state index in [9.17, 15) is 4.79 Å². The van der Waals surface area contributed by atoms with E-state index >= 15 is 0 Å². The van der Waals surface area contributed by atoms with Gasteiger partial charge in [0.2, 0.25) is 0 Å². The van der Waals surface area contributed by atoms with Crippen LogP contribution in [0.3, 0.4) is 0 Å². The number of fused-ring (bicyclic) bond motifs is 1. The summed E-state index contributed by atoms with van der Waals surface area (Å²) in [6, 6.07) is 15.6. The summed E-state index contributed by atoms with van der Waals surface area (Å²) in [7, 11) is 0. The Morgan fingerprint density at radius 3 is 2.48 bits per heavy atom. The van der Waals surface area contributed by atoms with Crippen LogP contribution in [0.25, 0.3) is 10.8 Å². The number of aryl methyl sites for hydroxylation is 1. The summed E-state index contributed by atoms with van der Waals surface area (Å²) in [4.78, 5) is 14.3. The van der Waals surface area contributed by atoms with Gasteiger partial charge in [-0.1, -0.05) is 0 Å². The zero-order chi connectivity index (χ0) is 19.3. The molecule has 2 rings (SSSR count). The first-order valence-electron chi connectivity index (χ1n) is 10.7. The third-order valence-corrected chi connectivity index (χ3v) is 9.60. The van der Waals surface area contributed by atoms with Crippen molar-refractivity contribution in [2.45, 2.75) is 60.3 Å². The fourth-order valence-corrected chi connectivity index (χ4v) is 8.17. The summed E-state index contributed by atoms with van der Waals surface area (Å²) < 4.78 is 2.91. The molecule has 2 aromatic carbocycles. The minimum absolute atomic E-state index is 0.447. The molecule has 0 saturated carbocycles. The number of ketones is 1. The molecule has 146 valence electrons. The number of Topliss-reactive ketones (excluding diaryl/α,β-unsaturated/α-hetero) is 1. The monoisotopic (exact) mass is 561 g/mol. The fourth-order valence-electron chi connectivity index (χ4n) is 3.54. The maximum atomic E-state index is 11.7. The van der Waals surface area contributed by atoms with Gasteiger partial charge in [0.25, 0.3) is 0 Å². The summed E-state index contributed by atoms with van der Waals surface area (Å²) in [5.74, 6) is 0.447. The number of rotatable bonds is 14. The van der Waals surface area contributed by atoms with E-state index in [0.29, 0.717) is 5.78 Å². The van der Waals surface area contributed by atoms with Crippen molar-refractivity contribution in [2.24, 2.45) is 0 Å². The van der Waals surface area contributed by atoms with Crippen molar-refractivity contribution in [2.75, 3.05) is 19.6 Å². The van der Waals surface area contributed by atoms with Crippen LogP contribution in [0.2, 0.25) is 7.96 Å². The molecule has 27 heavy (non-hydrogen) atoms. The molecular formula is C24H35NOPb. The Bertz CT molecular complexity index is 685. The number of carbonyl (C=O) groups excluding carboxylic acids is 1. The molecule has 0 spiro atoms. The van der Waals surface area contributed by atoms with Gasteiger partial charge in [0.15, 0.2) is 0 Å². The molecular weight excluding hydrogens is 525 g/mol. The van der Waals surface area contributed by atoms with Crippen LogP contribution in [-0.4, -0.2) is 54.6 Å². The summed E-state index contributed by atoms with van der Waals surface area (Å²) in [6.45, 7) is 7.91. The van der Waals surface area contributed by atoms with Crippen molar-refractivity contribution in [3.8, 4) is 0 Å². The van der Waals surface area contributed by atoms with Crippen LogP contribution in [0, 0.1) is 0 Å². The average Bonchev–Trinajstić information content (AvgIpc) is 2.67. The third kappa shape index (κ3) is 8.86. The van der Waals surface area contributed by atoms with Gasteiger partial charge in [-0.2, -0.15) is 0 Å². The topological polar surface area (TPSA) is 20.3 Å². The van der Waals surface area contributed by atoms with Crippen molar-refractivity contribution in [1.29, 1.82) is 0 Å². The SMILES string of the molecule is CCCC(=O)CCCN(CCC)C[CH2][Pb][CH2]Cc1ccc2ccccc2c1. The van der Waals surface area contributed by atoms with Crippen LogP contribution in [0.5, 0.6) is 0 Å². The molecule has 0 aliphatic rings. The van der Waals surface area contributed by atoms with E-state index in [1.165, 1.54) is 50.2 Å². The number of hydrogen-bond donors (Lipinski definition) is 0. The van der Waals surface area contributed by atoms with Crippen LogP contribution in [0.1, 0.15) is 51.5 Å². The molecule has 0 atom stereocenters. The number of benzene rings is 2. The molecule has 0 heterocycles. The molecule has 0 unspecified atom stereocenters. The Kier molecular flexibility index (Phi) is 11.2. The number of carbonyl (C=O) groups is 1. The molecule has 0 aliphatic heterocycles. The first-order valence-corrected chi connectivity index (χ1v) is 16.1. The zero-order valence-electron chi connectivity index (χ0n) is 17.2. The zero-order valence-corrected chi connectivity index (χ0v) is 21.1. The van der Waals surface area contributed by atoms with Crippen molar-refractivity contribution < 1.29 is 4.79 Å². The summed E-state index contributed by atoms with van der Waals surface area (Å²) in [5.41, 5.74) is 1.50. The van der Waals surface area contributed by atoms with E-state index < -0.39 is 24.2 Å². The summed E-state index contributed by atoms with van der Waals surface area (Å²) in [6.07, 6.45) is 6.05. The van der Waals surface area contributed by atoms with E-state index in [-0.39, 0.29) is 0 Å². The van der Waals surface area contributed by atoms with Crippen LogP contribution in [0.15, 0.2) is 42.5 Å². The average molecular weight is 561 g/mol. The molecule has 0 aliphatic carbocycles. The van der Waals surface area contributed by atoms with Crippen molar-refractivity contribution >= 4 is 40.8 Å². The maximum absolute atomic E-state index is 11.7. The van der Waals surface area contributed by atoms with Crippen molar-refractivity contribution in [3.63, 3.8) is 0 Å². The first kappa shape index (κ1) is 22.5. The summed E-state index contributed by atoms with van der Waals surface area (Å²) >= 11 is -0.511. The quantitative estimate of drug-likeness (QED) is 0.216. The van der Waals surface area contributed by atoms with Gasteiger partial charge in [-0.3, -0.25) is 0 Å². The standard InChI is InChI=1S/C12H24NO.C12H11.Pb/c1-4-8-12(14)9-7-11-13(6-3)10-5-2;1-2-10-7-8-11-5-3-4-6-12(11)9-10;/h3-11H2,1-2H3;3-9H,1-2H2;. The second-order valence-corrected chi connectivity index (χ2v) is 13.2. The molecule has 0 N–H and O–H groups in total. The van der Waals surface area contributed by atoms with Crippen LogP contribution in [-0.2, 0) is 11.2 Å². The second kappa shape index (κ2) is 13.4. The predicted octanol–water partition coefficient (Wildman–Crippen LogP) is 5.78. The van der Waals surface area contributed by atoms with Gasteiger partial charge in [0.1, 0.15) is 0 Å². The number of nitrogens with zero attached hydrogens (tertiary/aromatic N) is 1. The molecule has 0 amide bonds. The van der Waals surface area contributed by atoms with E-state index in [1.54, 1.807) is 0 Å². The molecule has 3 heteroatoms. The predicted molar refractivity (Wildman–Crippen MR) is 119 cm³/mol. The Morgan fingerprint density at radius 2 is 1.70 bits per heavy atom. The van der Waals surface area contributed by atoms with E-state index in [4.69, 9.17) is 0 Å². The van der Waals surface area contributed by atoms with E-state index in [1.807, 2.05) is 0 Å². The van der Waals surface area contributed by atoms with Gasteiger partial charge in [-0.15, -0.1) is 0 Å². The molecule has 0 fully saturated rings. The van der Waals surface area contributed by atoms with Crippen LogP contribution < -0.4 is 0 Å². The molecule has 0 aromatic heterocycles. The Morgan fingerprint density at radius 1 is 0.889 bits per heavy atom. The summed E-state index contributed by atoms with van der Waals surface area (Å²) in [5, 5.41) is 2.71. The normalized spacial score (nSPS) is 11.4. The van der Waals surface area contributed by atoms with Crippen molar-refractivity contribution in [3.05, 3.63) is 48.0 Å². The third-order valence-electron chi connectivity index (χ3n) is 5.01. The second-order valence-electron chi connectivity index (χ2n) is 7.42. The molecule has 2 aromatic rings. The van der Waals surface area contributed by atoms with Gasteiger partial charge in [-0.25, -0.2) is 0 Å². The molecule has 2 radical (unpaired) electrons. The molecule has 0 bridgehead atoms. The number of hydrogen-bond acceptors (Lipinski definition) is 2. The molecule has 0 saturated heterocycles. The van der Waals surface area contributed by atoms with Crippen LogP contribution >= 0.6 is 0 Å². The Balaban J connectivity index is 1.64. The van der Waals surface area contributed by atoms with Gasteiger partial charge >= 0.3 is 178 Å². The first-order chi connectivity index (χ1) is 13.2. The Hall–Kier alpha value is -0.748. The van der Waals surface area contributed by atoms with Gasteiger partial charge in [0.05, 0.1) is 0 Å². The van der Waals surface area contributed by atoms with Gasteiger partial charge in [0, 0.05) is 0 Å². The van der Waals surface area contributed by atoms with Gasteiger partial charge < -0.3 is 0 Å². The van der Waals surface area contributed by atoms with Crippen molar-refractivity contribution in [1.82, 2.24) is 4.90 Å². The van der Waals surface area contributed by atoms with E-state index in [0.717, 1.165) is 32.2 Å². The minimum atomic E-state index is -0.511. The fraction of sp³-hybridized carbons (Fsp3) is 0.542.